The number of halogens is 4. The van der Waals surface area contributed by atoms with Gasteiger partial charge in [0.25, 0.3) is 11.8 Å². The Bertz CT molecular complexity index is 1180. The topological polar surface area (TPSA) is 62.3 Å². The normalized spacial score (nSPS) is 14.4. The Balaban J connectivity index is 1.34. The summed E-state index contributed by atoms with van der Waals surface area (Å²) in [6.45, 7) is 1.16. The van der Waals surface area contributed by atoms with Crippen LogP contribution in [0.25, 0.3) is 0 Å². The second-order valence-corrected chi connectivity index (χ2v) is 9.71. The van der Waals surface area contributed by atoms with Crippen molar-refractivity contribution < 1.29 is 14.0 Å². The molecule has 0 radical (unpaired) electrons. The minimum Gasteiger partial charge on any atom is -0.347 e. The molecule has 1 N–H and O–H groups in total. The molecule has 3 aromatic rings. The predicted octanol–water partition coefficient (Wildman–Crippen LogP) is 6.19. The number of piperidine rings is 1. The third-order valence-corrected chi connectivity index (χ3v) is 7.71. The van der Waals surface area contributed by atoms with Crippen molar-refractivity contribution in [2.24, 2.45) is 0 Å². The van der Waals surface area contributed by atoms with E-state index in [-0.39, 0.29) is 29.0 Å². The van der Waals surface area contributed by atoms with E-state index in [1.165, 1.54) is 29.5 Å². The standard InChI is InChI=1S/C23H19Cl3FN3O2S/c24-15-4-2-6-17(27)19(15)23(32)30-9-7-13(8-10-30)22-29-18(12-33-22)21(31)28-11-14-3-1-5-16(25)20(14)26/h1-6,12-13H,7-11H2,(H,28,31). The number of likely N-dealkylation sites (tertiary alicyclic amines) is 1. The van der Waals surface area contributed by atoms with Crippen molar-refractivity contribution in [2.75, 3.05) is 13.1 Å². The Kier molecular flexibility index (Phi) is 7.54. The fraction of sp³-hybridized carbons (Fsp3) is 0.261. The van der Waals surface area contributed by atoms with E-state index in [0.29, 0.717) is 41.7 Å². The summed E-state index contributed by atoms with van der Waals surface area (Å²) in [7, 11) is 0. The van der Waals surface area contributed by atoms with Gasteiger partial charge in [0.15, 0.2) is 0 Å². The first-order chi connectivity index (χ1) is 15.8. The number of nitrogens with zero attached hydrogens (tertiary/aromatic N) is 2. The highest BCUT2D eigenvalue weighted by atomic mass is 35.5. The number of benzene rings is 2. The molecule has 0 spiro atoms. The summed E-state index contributed by atoms with van der Waals surface area (Å²) in [6.07, 6.45) is 1.34. The lowest BCUT2D eigenvalue weighted by Crippen LogP contribution is -2.38. The zero-order chi connectivity index (χ0) is 23.5. The highest BCUT2D eigenvalue weighted by Gasteiger charge is 2.29. The number of hydrogen-bond donors (Lipinski definition) is 1. The van der Waals surface area contributed by atoms with Gasteiger partial charge in [-0.05, 0) is 36.6 Å². The predicted molar refractivity (Wildman–Crippen MR) is 129 cm³/mol. The highest BCUT2D eigenvalue weighted by Crippen LogP contribution is 2.32. The first kappa shape index (κ1) is 24.0. The summed E-state index contributed by atoms with van der Waals surface area (Å²) in [5.41, 5.74) is 0.968. The summed E-state index contributed by atoms with van der Waals surface area (Å²) in [5, 5.41) is 6.33. The molecule has 0 saturated carbocycles. The Morgan fingerprint density at radius 2 is 1.79 bits per heavy atom. The highest BCUT2D eigenvalue weighted by molar-refractivity contribution is 7.09. The van der Waals surface area contributed by atoms with Crippen LogP contribution in [0.3, 0.4) is 0 Å². The van der Waals surface area contributed by atoms with Crippen LogP contribution in [0.1, 0.15) is 50.2 Å². The molecule has 2 aromatic carbocycles. The molecule has 1 aliphatic heterocycles. The molecule has 1 saturated heterocycles. The second kappa shape index (κ2) is 10.4. The van der Waals surface area contributed by atoms with Gasteiger partial charge in [0.2, 0.25) is 0 Å². The Morgan fingerprint density at radius 1 is 1.09 bits per heavy atom. The molecular weight excluding hydrogens is 508 g/mol. The molecule has 1 aromatic heterocycles. The summed E-state index contributed by atoms with van der Waals surface area (Å²) < 4.78 is 14.1. The van der Waals surface area contributed by atoms with Crippen LogP contribution in [0.5, 0.6) is 0 Å². The van der Waals surface area contributed by atoms with E-state index >= 15 is 0 Å². The van der Waals surface area contributed by atoms with Gasteiger partial charge in [-0.15, -0.1) is 11.3 Å². The van der Waals surface area contributed by atoms with Gasteiger partial charge in [-0.3, -0.25) is 9.59 Å². The molecule has 0 unspecified atom stereocenters. The maximum atomic E-state index is 14.1. The van der Waals surface area contributed by atoms with Gasteiger partial charge in [-0.25, -0.2) is 9.37 Å². The molecule has 2 heterocycles. The average molecular weight is 527 g/mol. The Hall–Kier alpha value is -2.19. The number of amides is 2. The average Bonchev–Trinajstić information content (AvgIpc) is 3.30. The number of aromatic nitrogens is 1. The lowest BCUT2D eigenvalue weighted by Gasteiger charge is -2.31. The van der Waals surface area contributed by atoms with Gasteiger partial charge in [0.1, 0.15) is 11.5 Å². The van der Waals surface area contributed by atoms with E-state index in [1.54, 1.807) is 28.5 Å². The Labute approximate surface area is 209 Å². The molecule has 33 heavy (non-hydrogen) atoms. The number of rotatable bonds is 5. The molecule has 4 rings (SSSR count). The van der Waals surface area contributed by atoms with Crippen molar-refractivity contribution in [3.8, 4) is 0 Å². The smallest absolute Gasteiger partial charge is 0.271 e. The van der Waals surface area contributed by atoms with Crippen molar-refractivity contribution in [2.45, 2.75) is 25.3 Å². The van der Waals surface area contributed by atoms with E-state index < -0.39 is 11.7 Å². The maximum Gasteiger partial charge on any atom is 0.271 e. The summed E-state index contributed by atoms with van der Waals surface area (Å²) >= 11 is 19.6. The fourth-order valence-electron chi connectivity index (χ4n) is 3.72. The largest absolute Gasteiger partial charge is 0.347 e. The maximum absolute atomic E-state index is 14.1. The summed E-state index contributed by atoms with van der Waals surface area (Å²) in [4.78, 5) is 31.4. The Morgan fingerprint density at radius 3 is 2.52 bits per heavy atom. The minimum absolute atomic E-state index is 0.0920. The summed E-state index contributed by atoms with van der Waals surface area (Å²) in [5.74, 6) is -1.20. The minimum atomic E-state index is -0.621. The monoisotopic (exact) mass is 525 g/mol. The van der Waals surface area contributed by atoms with E-state index in [0.717, 1.165) is 10.6 Å². The fourth-order valence-corrected chi connectivity index (χ4v) is 5.32. The molecule has 2 amide bonds. The van der Waals surface area contributed by atoms with Crippen molar-refractivity contribution in [3.63, 3.8) is 0 Å². The van der Waals surface area contributed by atoms with Gasteiger partial charge in [-0.1, -0.05) is 53.0 Å². The van der Waals surface area contributed by atoms with Crippen LogP contribution >= 0.6 is 46.1 Å². The van der Waals surface area contributed by atoms with Gasteiger partial charge < -0.3 is 10.2 Å². The zero-order valence-corrected chi connectivity index (χ0v) is 20.4. The lowest BCUT2D eigenvalue weighted by atomic mass is 9.97. The number of hydrogen-bond acceptors (Lipinski definition) is 4. The van der Waals surface area contributed by atoms with Crippen molar-refractivity contribution in [3.05, 3.63) is 84.5 Å². The number of thiazole rings is 1. The molecular formula is C23H19Cl3FN3O2S. The molecule has 1 fully saturated rings. The number of carbonyl (C=O) groups excluding carboxylic acids is 2. The van der Waals surface area contributed by atoms with Crippen LogP contribution in [0, 0.1) is 5.82 Å². The van der Waals surface area contributed by atoms with Crippen molar-refractivity contribution >= 4 is 58.0 Å². The second-order valence-electron chi connectivity index (χ2n) is 7.63. The van der Waals surface area contributed by atoms with E-state index in [4.69, 9.17) is 34.8 Å². The molecule has 10 heteroatoms. The lowest BCUT2D eigenvalue weighted by molar-refractivity contribution is 0.0708. The van der Waals surface area contributed by atoms with Crippen LogP contribution in [-0.4, -0.2) is 34.8 Å². The molecule has 1 aliphatic rings. The molecule has 5 nitrogen and oxygen atoms in total. The molecule has 0 bridgehead atoms. The molecule has 172 valence electrons. The van der Waals surface area contributed by atoms with Crippen LogP contribution in [-0.2, 0) is 6.54 Å². The first-order valence-electron chi connectivity index (χ1n) is 10.2. The first-order valence-corrected chi connectivity index (χ1v) is 12.3. The van der Waals surface area contributed by atoms with Crippen LogP contribution in [0.15, 0.2) is 41.8 Å². The third kappa shape index (κ3) is 5.32. The van der Waals surface area contributed by atoms with E-state index in [9.17, 15) is 14.0 Å². The summed E-state index contributed by atoms with van der Waals surface area (Å²) in [6, 6.07) is 9.46. The van der Waals surface area contributed by atoms with Crippen LogP contribution < -0.4 is 5.32 Å². The number of carbonyl (C=O) groups is 2. The van der Waals surface area contributed by atoms with E-state index in [1.807, 2.05) is 0 Å². The SMILES string of the molecule is O=C(NCc1cccc(Cl)c1Cl)c1csc(C2CCN(C(=O)c3c(F)cccc3Cl)CC2)n1. The van der Waals surface area contributed by atoms with Gasteiger partial charge >= 0.3 is 0 Å². The van der Waals surface area contributed by atoms with E-state index in [2.05, 4.69) is 10.3 Å². The number of nitrogens with one attached hydrogen (secondary N) is 1. The zero-order valence-electron chi connectivity index (χ0n) is 17.3. The van der Waals surface area contributed by atoms with Crippen LogP contribution in [0.2, 0.25) is 15.1 Å². The molecule has 0 aliphatic carbocycles. The van der Waals surface area contributed by atoms with Crippen molar-refractivity contribution in [1.29, 1.82) is 0 Å². The van der Waals surface area contributed by atoms with Gasteiger partial charge in [0.05, 0.1) is 25.6 Å². The third-order valence-electron chi connectivity index (χ3n) is 5.53. The van der Waals surface area contributed by atoms with Crippen molar-refractivity contribution in [1.82, 2.24) is 15.2 Å². The quantitative estimate of drug-likeness (QED) is 0.431. The van der Waals surface area contributed by atoms with Gasteiger partial charge in [0, 0.05) is 30.9 Å². The van der Waals surface area contributed by atoms with Crippen LogP contribution in [0.4, 0.5) is 4.39 Å². The molecule has 0 atom stereocenters. The van der Waals surface area contributed by atoms with Gasteiger partial charge in [-0.2, -0.15) is 0 Å².